The number of nitro groups is 1. The van der Waals surface area contributed by atoms with Crippen molar-refractivity contribution >= 4 is 34.7 Å². The minimum Gasteiger partial charge on any atom is -0.462 e. The first-order valence-corrected chi connectivity index (χ1v) is 13.4. The van der Waals surface area contributed by atoms with Crippen LogP contribution in [0.1, 0.15) is 45.7 Å². The number of nitrogens with one attached hydrogen (secondary N) is 2. The summed E-state index contributed by atoms with van der Waals surface area (Å²) in [5, 5.41) is 17.3. The molecule has 0 atom stereocenters. The van der Waals surface area contributed by atoms with E-state index in [9.17, 15) is 19.7 Å². The van der Waals surface area contributed by atoms with Gasteiger partial charge in [0.15, 0.2) is 0 Å². The predicted molar refractivity (Wildman–Crippen MR) is 163 cm³/mol. The van der Waals surface area contributed by atoms with Crippen molar-refractivity contribution in [3.63, 3.8) is 0 Å². The molecule has 4 aromatic carbocycles. The molecule has 0 aliphatic heterocycles. The SMILES string of the molecule is CCOC(=O)c1ccc(N)c(NCc2ccccc2)c1.CCOC(=O)c1ccc([N+](=O)[O-])c(NCc2ccccc2)c1.[Zn]. The summed E-state index contributed by atoms with van der Waals surface area (Å²) < 4.78 is 9.89. The van der Waals surface area contributed by atoms with Gasteiger partial charge >= 0.3 is 11.9 Å². The van der Waals surface area contributed by atoms with E-state index in [1.807, 2.05) is 60.7 Å². The smallest absolute Gasteiger partial charge is 0.338 e. The summed E-state index contributed by atoms with van der Waals surface area (Å²) in [6.07, 6.45) is 0. The van der Waals surface area contributed by atoms with E-state index in [4.69, 9.17) is 15.2 Å². The van der Waals surface area contributed by atoms with Crippen molar-refractivity contribution in [2.45, 2.75) is 26.9 Å². The number of benzene rings is 4. The van der Waals surface area contributed by atoms with Gasteiger partial charge in [-0.3, -0.25) is 10.1 Å². The fourth-order valence-corrected chi connectivity index (χ4v) is 3.82. The number of anilines is 3. The molecule has 4 rings (SSSR count). The van der Waals surface area contributed by atoms with E-state index in [1.54, 1.807) is 32.0 Å². The van der Waals surface area contributed by atoms with Gasteiger partial charge in [0.25, 0.3) is 5.69 Å². The number of carbonyl (C=O) groups excluding carboxylic acids is 2. The van der Waals surface area contributed by atoms with E-state index in [2.05, 4.69) is 10.6 Å². The van der Waals surface area contributed by atoms with Gasteiger partial charge in [-0.2, -0.15) is 0 Å². The van der Waals surface area contributed by atoms with Crippen LogP contribution in [-0.4, -0.2) is 30.1 Å². The second kappa shape index (κ2) is 17.9. The Morgan fingerprint density at radius 2 is 1.16 bits per heavy atom. The maximum absolute atomic E-state index is 11.7. The molecule has 0 fully saturated rings. The first-order valence-electron chi connectivity index (χ1n) is 13.4. The molecule has 0 saturated heterocycles. The molecule has 4 N–H and O–H groups in total. The maximum Gasteiger partial charge on any atom is 0.338 e. The van der Waals surface area contributed by atoms with E-state index >= 15 is 0 Å². The van der Waals surface area contributed by atoms with Crippen molar-refractivity contribution in [3.8, 4) is 0 Å². The van der Waals surface area contributed by atoms with E-state index in [0.29, 0.717) is 36.6 Å². The Kier molecular flexibility index (Phi) is 14.4. The first-order chi connectivity index (χ1) is 20.3. The topological polar surface area (TPSA) is 146 Å². The van der Waals surface area contributed by atoms with Gasteiger partial charge in [-0.25, -0.2) is 9.59 Å². The number of hydrogen-bond donors (Lipinski definition) is 3. The second-order valence-corrected chi connectivity index (χ2v) is 8.91. The van der Waals surface area contributed by atoms with E-state index in [0.717, 1.165) is 16.8 Å². The molecule has 0 spiro atoms. The number of esters is 2. The number of nitrogens with two attached hydrogens (primary N) is 1. The summed E-state index contributed by atoms with van der Waals surface area (Å²) in [5.74, 6) is -0.838. The van der Waals surface area contributed by atoms with Crippen LogP contribution in [0.2, 0.25) is 0 Å². The average molecular weight is 636 g/mol. The molecule has 10 nitrogen and oxygen atoms in total. The van der Waals surface area contributed by atoms with Gasteiger partial charge in [-0.1, -0.05) is 60.7 Å². The fraction of sp³-hybridized carbons (Fsp3) is 0.188. The zero-order valence-electron chi connectivity index (χ0n) is 24.2. The summed E-state index contributed by atoms with van der Waals surface area (Å²) in [4.78, 5) is 34.0. The van der Waals surface area contributed by atoms with Crippen molar-refractivity contribution in [1.29, 1.82) is 0 Å². The van der Waals surface area contributed by atoms with Crippen LogP contribution in [0.15, 0.2) is 97.1 Å². The normalized spacial score (nSPS) is 9.81. The summed E-state index contributed by atoms with van der Waals surface area (Å²) in [7, 11) is 0. The molecule has 0 aromatic heterocycles. The zero-order chi connectivity index (χ0) is 30.3. The predicted octanol–water partition coefficient (Wildman–Crippen LogP) is 6.44. The molecule has 43 heavy (non-hydrogen) atoms. The zero-order valence-corrected chi connectivity index (χ0v) is 27.2. The van der Waals surface area contributed by atoms with Crippen molar-refractivity contribution < 1.29 is 43.5 Å². The summed E-state index contributed by atoms with van der Waals surface area (Å²) in [6, 6.07) is 28.7. The number of nitrogen functional groups attached to an aromatic ring is 1. The van der Waals surface area contributed by atoms with Crippen molar-refractivity contribution in [3.05, 3.63) is 129 Å². The Morgan fingerprint density at radius 1 is 0.721 bits per heavy atom. The standard InChI is InChI=1S/C16H16N2O4.C16H18N2O2.Zn/c1-2-22-16(19)13-8-9-15(18(20)21)14(10-13)17-11-12-6-4-3-5-7-12;1-2-20-16(19)13-8-9-14(17)15(10-13)18-11-12-6-4-3-5-7-12;/h3-10,17H,2,11H2,1H3;3-10,18H,2,11,17H2,1H3;. The Labute approximate surface area is 263 Å². The first kappa shape index (κ1) is 34.4. The molecule has 0 heterocycles. The third-order valence-electron chi connectivity index (χ3n) is 5.92. The molecule has 0 bridgehead atoms. The molecular formula is C32H34N4O6Zn. The van der Waals surface area contributed by atoms with Gasteiger partial charge < -0.3 is 25.8 Å². The minimum atomic E-state index is -0.500. The summed E-state index contributed by atoms with van der Waals surface area (Å²) in [6.45, 7) is 5.17. The minimum absolute atomic E-state index is 0. The van der Waals surface area contributed by atoms with Crippen LogP contribution < -0.4 is 16.4 Å². The fourth-order valence-electron chi connectivity index (χ4n) is 3.82. The van der Waals surface area contributed by atoms with Crippen LogP contribution in [0.3, 0.4) is 0 Å². The Bertz CT molecular complexity index is 1490. The summed E-state index contributed by atoms with van der Waals surface area (Å²) in [5.41, 5.74) is 10.4. The molecule has 0 aliphatic carbocycles. The van der Waals surface area contributed by atoms with E-state index in [-0.39, 0.29) is 43.3 Å². The van der Waals surface area contributed by atoms with Gasteiger partial charge in [-0.15, -0.1) is 0 Å². The Balaban J connectivity index is 0.000000295. The molecule has 4 aromatic rings. The largest absolute Gasteiger partial charge is 0.462 e. The molecule has 0 saturated carbocycles. The molecule has 0 amide bonds. The number of nitro benzene ring substituents is 1. The van der Waals surface area contributed by atoms with Gasteiger partial charge in [0.1, 0.15) is 5.69 Å². The van der Waals surface area contributed by atoms with Crippen LogP contribution in [-0.2, 0) is 42.0 Å². The number of ether oxygens (including phenoxy) is 2. The van der Waals surface area contributed by atoms with Gasteiger partial charge in [0.05, 0.1) is 40.6 Å². The average Bonchev–Trinajstić information content (AvgIpc) is 3.01. The Morgan fingerprint density at radius 3 is 1.63 bits per heavy atom. The summed E-state index contributed by atoms with van der Waals surface area (Å²) >= 11 is 0. The number of hydrogen-bond acceptors (Lipinski definition) is 9. The number of rotatable bonds is 11. The quantitative estimate of drug-likeness (QED) is 0.0557. The maximum atomic E-state index is 11.7. The van der Waals surface area contributed by atoms with Crippen molar-refractivity contribution in [2.75, 3.05) is 29.6 Å². The second-order valence-electron chi connectivity index (χ2n) is 8.91. The van der Waals surface area contributed by atoms with E-state index in [1.165, 1.54) is 18.2 Å². The Hall–Kier alpha value is -4.76. The van der Waals surface area contributed by atoms with Crippen LogP contribution in [0.4, 0.5) is 22.7 Å². The van der Waals surface area contributed by atoms with Crippen molar-refractivity contribution in [2.24, 2.45) is 0 Å². The molecule has 0 unspecified atom stereocenters. The third-order valence-corrected chi connectivity index (χ3v) is 5.92. The van der Waals surface area contributed by atoms with Gasteiger partial charge in [0, 0.05) is 38.6 Å². The van der Waals surface area contributed by atoms with Crippen LogP contribution in [0.5, 0.6) is 0 Å². The van der Waals surface area contributed by atoms with Crippen LogP contribution >= 0.6 is 0 Å². The third kappa shape index (κ3) is 10.9. The monoisotopic (exact) mass is 634 g/mol. The number of nitrogens with zero attached hydrogens (tertiary/aromatic N) is 1. The molecule has 11 heteroatoms. The molecule has 220 valence electrons. The molecule has 0 radical (unpaired) electrons. The van der Waals surface area contributed by atoms with Crippen molar-refractivity contribution in [1.82, 2.24) is 0 Å². The van der Waals surface area contributed by atoms with Gasteiger partial charge in [-0.05, 0) is 55.3 Å². The van der Waals surface area contributed by atoms with Crippen LogP contribution in [0.25, 0.3) is 0 Å². The van der Waals surface area contributed by atoms with Gasteiger partial charge in [0.2, 0.25) is 0 Å². The van der Waals surface area contributed by atoms with Crippen LogP contribution in [0, 0.1) is 10.1 Å². The van der Waals surface area contributed by atoms with E-state index < -0.39 is 10.9 Å². The number of carbonyl (C=O) groups is 2. The molecule has 0 aliphatic rings. The molecular weight excluding hydrogens is 602 g/mol.